The lowest BCUT2D eigenvalue weighted by Gasteiger charge is -2.31. The number of nitrogens with two attached hydrogens (primary N) is 1. The Morgan fingerprint density at radius 2 is 2.23 bits per heavy atom. The lowest BCUT2D eigenvalue weighted by atomic mass is 9.79. The summed E-state index contributed by atoms with van der Waals surface area (Å²) in [6.45, 7) is 0. The average Bonchev–Trinajstić information content (AvgIpc) is 2.31. The van der Waals surface area contributed by atoms with Crippen LogP contribution in [0.3, 0.4) is 0 Å². The molecule has 0 amide bonds. The van der Waals surface area contributed by atoms with Crippen molar-refractivity contribution in [2.75, 3.05) is 0 Å². The van der Waals surface area contributed by atoms with Crippen LogP contribution in [0.15, 0.2) is 18.3 Å². The molecule has 13 heavy (non-hydrogen) atoms. The molecule has 0 spiro atoms. The summed E-state index contributed by atoms with van der Waals surface area (Å²) in [7, 11) is 2.06. The molecular formula is C10H17ClN2. The molecule has 1 atom stereocenters. The Labute approximate surface area is 85.5 Å². The number of hydrogen-bond acceptors (Lipinski definition) is 1. The first-order chi connectivity index (χ1) is 5.79. The zero-order chi connectivity index (χ0) is 8.55. The number of halogens is 1. The molecular weight excluding hydrogens is 184 g/mol. The van der Waals surface area contributed by atoms with Crippen LogP contribution in [0.25, 0.3) is 0 Å². The smallest absolute Gasteiger partial charge is 0.0478 e. The predicted octanol–water partition coefficient (Wildman–Crippen LogP) is 2.25. The normalized spacial score (nSPS) is 18.9. The molecule has 3 heteroatoms. The third-order valence-electron chi connectivity index (χ3n) is 2.98. The summed E-state index contributed by atoms with van der Waals surface area (Å²) >= 11 is 0. The highest BCUT2D eigenvalue weighted by atomic mass is 35.5. The van der Waals surface area contributed by atoms with E-state index < -0.39 is 0 Å². The molecule has 1 aromatic rings. The van der Waals surface area contributed by atoms with Crippen molar-refractivity contribution < 1.29 is 0 Å². The number of nitrogens with zero attached hydrogens (tertiary/aromatic N) is 1. The van der Waals surface area contributed by atoms with E-state index in [1.807, 2.05) is 0 Å². The van der Waals surface area contributed by atoms with Gasteiger partial charge in [0, 0.05) is 25.0 Å². The molecule has 2 rings (SSSR count). The van der Waals surface area contributed by atoms with Crippen molar-refractivity contribution in [1.82, 2.24) is 4.57 Å². The molecule has 1 fully saturated rings. The Morgan fingerprint density at radius 3 is 2.62 bits per heavy atom. The van der Waals surface area contributed by atoms with Gasteiger partial charge in [0.05, 0.1) is 0 Å². The van der Waals surface area contributed by atoms with Gasteiger partial charge in [-0.05, 0) is 30.9 Å². The lowest BCUT2D eigenvalue weighted by molar-refractivity contribution is 0.258. The topological polar surface area (TPSA) is 30.9 Å². The van der Waals surface area contributed by atoms with Crippen LogP contribution in [0.2, 0.25) is 0 Å². The largest absolute Gasteiger partial charge is 0.353 e. The van der Waals surface area contributed by atoms with Gasteiger partial charge in [-0.15, -0.1) is 12.4 Å². The Hall–Kier alpha value is -0.470. The zero-order valence-corrected chi connectivity index (χ0v) is 8.76. The fraction of sp³-hybridized carbons (Fsp3) is 0.600. The minimum atomic E-state index is 0. The summed E-state index contributed by atoms with van der Waals surface area (Å²) in [6, 6.07) is 4.45. The summed E-state index contributed by atoms with van der Waals surface area (Å²) in [4.78, 5) is 0. The van der Waals surface area contributed by atoms with Gasteiger partial charge in [0.2, 0.25) is 0 Å². The fourth-order valence-electron chi connectivity index (χ4n) is 1.86. The van der Waals surface area contributed by atoms with Gasteiger partial charge in [0.15, 0.2) is 0 Å². The number of aromatic nitrogens is 1. The van der Waals surface area contributed by atoms with Crippen molar-refractivity contribution in [2.24, 2.45) is 18.7 Å². The third kappa shape index (κ3) is 1.89. The SMILES string of the molecule is Cl.Cn1cccc1[C@H](N)C1CCC1. The van der Waals surface area contributed by atoms with Crippen LogP contribution in [-0.2, 0) is 7.05 Å². The minimum Gasteiger partial charge on any atom is -0.353 e. The minimum absolute atomic E-state index is 0. The number of hydrogen-bond donors (Lipinski definition) is 1. The van der Waals surface area contributed by atoms with Crippen LogP contribution in [-0.4, -0.2) is 4.57 Å². The first-order valence-corrected chi connectivity index (χ1v) is 4.66. The van der Waals surface area contributed by atoms with Crippen LogP contribution >= 0.6 is 12.4 Å². The molecule has 0 radical (unpaired) electrons. The van der Waals surface area contributed by atoms with E-state index >= 15 is 0 Å². The molecule has 0 aliphatic heterocycles. The highest BCUT2D eigenvalue weighted by Crippen LogP contribution is 2.35. The maximum absolute atomic E-state index is 6.12. The molecule has 74 valence electrons. The van der Waals surface area contributed by atoms with Gasteiger partial charge < -0.3 is 10.3 Å². The van der Waals surface area contributed by atoms with Gasteiger partial charge >= 0.3 is 0 Å². The van der Waals surface area contributed by atoms with Crippen LogP contribution < -0.4 is 5.73 Å². The number of rotatable bonds is 2. The summed E-state index contributed by atoms with van der Waals surface area (Å²) in [5.74, 6) is 0.735. The Balaban J connectivity index is 0.000000845. The third-order valence-corrected chi connectivity index (χ3v) is 2.98. The van der Waals surface area contributed by atoms with Crippen molar-refractivity contribution in [1.29, 1.82) is 0 Å². The van der Waals surface area contributed by atoms with Gasteiger partial charge in [-0.3, -0.25) is 0 Å². The fourth-order valence-corrected chi connectivity index (χ4v) is 1.86. The van der Waals surface area contributed by atoms with E-state index in [1.54, 1.807) is 0 Å². The van der Waals surface area contributed by atoms with Gasteiger partial charge in [0.25, 0.3) is 0 Å². The van der Waals surface area contributed by atoms with Crippen molar-refractivity contribution in [2.45, 2.75) is 25.3 Å². The molecule has 0 saturated heterocycles. The molecule has 2 N–H and O–H groups in total. The van der Waals surface area contributed by atoms with E-state index in [-0.39, 0.29) is 18.4 Å². The van der Waals surface area contributed by atoms with E-state index in [0.717, 1.165) is 5.92 Å². The molecule has 0 unspecified atom stereocenters. The van der Waals surface area contributed by atoms with Crippen molar-refractivity contribution in [3.05, 3.63) is 24.0 Å². The highest BCUT2D eigenvalue weighted by Gasteiger charge is 2.26. The van der Waals surface area contributed by atoms with Gasteiger partial charge in [-0.2, -0.15) is 0 Å². The van der Waals surface area contributed by atoms with Crippen LogP contribution in [0.5, 0.6) is 0 Å². The predicted molar refractivity (Wildman–Crippen MR) is 56.9 cm³/mol. The zero-order valence-electron chi connectivity index (χ0n) is 7.94. The van der Waals surface area contributed by atoms with E-state index in [1.165, 1.54) is 25.0 Å². The van der Waals surface area contributed by atoms with Gasteiger partial charge in [0.1, 0.15) is 0 Å². The second-order valence-electron chi connectivity index (χ2n) is 3.76. The molecule has 2 nitrogen and oxygen atoms in total. The maximum atomic E-state index is 6.12. The van der Waals surface area contributed by atoms with E-state index in [2.05, 4.69) is 29.9 Å². The highest BCUT2D eigenvalue weighted by molar-refractivity contribution is 5.85. The Kier molecular flexibility index (Phi) is 3.40. The second-order valence-corrected chi connectivity index (χ2v) is 3.76. The quantitative estimate of drug-likeness (QED) is 0.780. The average molecular weight is 201 g/mol. The van der Waals surface area contributed by atoms with E-state index in [4.69, 9.17) is 5.73 Å². The summed E-state index contributed by atoms with van der Waals surface area (Å²) < 4.78 is 2.13. The van der Waals surface area contributed by atoms with Crippen molar-refractivity contribution in [3.63, 3.8) is 0 Å². The maximum Gasteiger partial charge on any atom is 0.0478 e. The standard InChI is InChI=1S/C10H16N2.ClH/c1-12-7-3-6-9(12)10(11)8-4-2-5-8;/h3,6-8,10H,2,4-5,11H2,1H3;1H/t10-;/m1./s1. The van der Waals surface area contributed by atoms with Crippen LogP contribution in [0, 0.1) is 5.92 Å². The van der Waals surface area contributed by atoms with E-state index in [9.17, 15) is 0 Å². The van der Waals surface area contributed by atoms with Gasteiger partial charge in [-0.1, -0.05) is 6.42 Å². The van der Waals surface area contributed by atoms with Crippen molar-refractivity contribution in [3.8, 4) is 0 Å². The molecule has 1 aliphatic rings. The van der Waals surface area contributed by atoms with Crippen molar-refractivity contribution >= 4 is 12.4 Å². The Morgan fingerprint density at radius 1 is 1.54 bits per heavy atom. The first kappa shape index (κ1) is 10.6. The number of aryl methyl sites for hydroxylation is 1. The molecule has 0 aromatic carbocycles. The lowest BCUT2D eigenvalue weighted by Crippen LogP contribution is -2.28. The molecule has 1 saturated carbocycles. The van der Waals surface area contributed by atoms with Gasteiger partial charge in [-0.25, -0.2) is 0 Å². The summed E-state index contributed by atoms with van der Waals surface area (Å²) in [5, 5.41) is 0. The molecule has 1 aliphatic carbocycles. The first-order valence-electron chi connectivity index (χ1n) is 4.66. The van der Waals surface area contributed by atoms with Crippen LogP contribution in [0.4, 0.5) is 0 Å². The van der Waals surface area contributed by atoms with Crippen LogP contribution in [0.1, 0.15) is 31.0 Å². The second kappa shape index (κ2) is 4.16. The summed E-state index contributed by atoms with van der Waals surface area (Å²) in [6.07, 6.45) is 6.05. The summed E-state index contributed by atoms with van der Waals surface area (Å²) in [5.41, 5.74) is 7.40. The van der Waals surface area contributed by atoms with E-state index in [0.29, 0.717) is 0 Å². The molecule has 1 aromatic heterocycles. The molecule has 0 bridgehead atoms. The Bertz CT molecular complexity index is 266. The molecule has 1 heterocycles. The monoisotopic (exact) mass is 200 g/mol.